The highest BCUT2D eigenvalue weighted by Gasteiger charge is 2.20. The third-order valence-corrected chi connectivity index (χ3v) is 3.84. The van der Waals surface area contributed by atoms with Crippen molar-refractivity contribution in [2.24, 2.45) is 0 Å². The van der Waals surface area contributed by atoms with Crippen LogP contribution in [0.2, 0.25) is 0 Å². The molecule has 0 saturated carbocycles. The maximum Gasteiger partial charge on any atom is 0.162 e. The molecule has 5 heteroatoms. The zero-order valence-electron chi connectivity index (χ0n) is 11.2. The molecule has 2 aromatic rings. The van der Waals surface area contributed by atoms with Crippen molar-refractivity contribution < 1.29 is 9.47 Å². The number of ether oxygens (including phenoxy) is 2. The molecular weight excluding hydrogens is 254 g/mol. The minimum atomic E-state index is 0.362. The lowest BCUT2D eigenvalue weighted by Crippen LogP contribution is -2.15. The van der Waals surface area contributed by atoms with Gasteiger partial charge in [-0.1, -0.05) is 0 Å². The first-order chi connectivity index (χ1) is 9.90. The normalized spacial score (nSPS) is 21.1. The molecule has 0 aliphatic carbocycles. The molecule has 1 saturated heterocycles. The van der Waals surface area contributed by atoms with Crippen molar-refractivity contribution in [2.75, 3.05) is 19.8 Å². The molecule has 1 unspecified atom stereocenters. The largest absolute Gasteiger partial charge is 0.486 e. The van der Waals surface area contributed by atoms with E-state index in [0.717, 1.165) is 41.5 Å². The number of hydrogen-bond donors (Lipinski definition) is 2. The molecule has 0 radical (unpaired) electrons. The zero-order valence-corrected chi connectivity index (χ0v) is 11.2. The van der Waals surface area contributed by atoms with Gasteiger partial charge in [0.25, 0.3) is 0 Å². The van der Waals surface area contributed by atoms with E-state index in [9.17, 15) is 0 Å². The molecule has 0 spiro atoms. The van der Waals surface area contributed by atoms with E-state index in [0.29, 0.717) is 19.3 Å². The maximum absolute atomic E-state index is 5.62. The summed E-state index contributed by atoms with van der Waals surface area (Å²) in [6.45, 7) is 2.30. The highest BCUT2D eigenvalue weighted by molar-refractivity contribution is 5.63. The monoisotopic (exact) mass is 271 g/mol. The maximum atomic E-state index is 5.62. The van der Waals surface area contributed by atoms with Crippen LogP contribution in [-0.4, -0.2) is 29.7 Å². The molecule has 20 heavy (non-hydrogen) atoms. The summed E-state index contributed by atoms with van der Waals surface area (Å²) in [7, 11) is 0. The van der Waals surface area contributed by atoms with Crippen molar-refractivity contribution in [3.63, 3.8) is 0 Å². The number of nitrogens with one attached hydrogen (secondary N) is 2. The molecule has 1 atom stereocenters. The fourth-order valence-electron chi connectivity index (χ4n) is 2.79. The molecule has 0 amide bonds. The van der Waals surface area contributed by atoms with E-state index < -0.39 is 0 Å². The summed E-state index contributed by atoms with van der Waals surface area (Å²) in [4.78, 5) is 7.90. The second kappa shape index (κ2) is 4.83. The van der Waals surface area contributed by atoms with Gasteiger partial charge in [0, 0.05) is 5.56 Å². The van der Waals surface area contributed by atoms with Crippen LogP contribution in [0.25, 0.3) is 11.3 Å². The topological polar surface area (TPSA) is 59.2 Å². The number of aromatic amines is 1. The second-order valence-electron chi connectivity index (χ2n) is 5.19. The Labute approximate surface area is 117 Å². The summed E-state index contributed by atoms with van der Waals surface area (Å²) < 4.78 is 11.2. The first-order valence-corrected chi connectivity index (χ1v) is 7.08. The number of fused-ring (bicyclic) bond motifs is 1. The molecule has 1 fully saturated rings. The first kappa shape index (κ1) is 11.8. The number of benzene rings is 1. The summed E-state index contributed by atoms with van der Waals surface area (Å²) in [6.07, 6.45) is 4.25. The molecule has 4 rings (SSSR count). The lowest BCUT2D eigenvalue weighted by atomic mass is 10.1. The van der Waals surface area contributed by atoms with Gasteiger partial charge < -0.3 is 19.8 Å². The Morgan fingerprint density at radius 3 is 2.90 bits per heavy atom. The Balaban J connectivity index is 1.63. The Kier molecular flexibility index (Phi) is 2.85. The van der Waals surface area contributed by atoms with Crippen LogP contribution in [0.4, 0.5) is 0 Å². The van der Waals surface area contributed by atoms with Gasteiger partial charge in [-0.05, 0) is 37.6 Å². The van der Waals surface area contributed by atoms with Gasteiger partial charge in [0.15, 0.2) is 11.5 Å². The van der Waals surface area contributed by atoms with Crippen LogP contribution in [0.15, 0.2) is 24.4 Å². The standard InChI is InChI=1S/C15H17N3O2/c1-2-11(16-5-1)15-17-9-12(18-15)10-3-4-13-14(8-10)20-7-6-19-13/h3-4,8-9,11,16H,1-2,5-7H2,(H,17,18). The Bertz CT molecular complexity index is 617. The van der Waals surface area contributed by atoms with Gasteiger partial charge in [-0.25, -0.2) is 4.98 Å². The Morgan fingerprint density at radius 2 is 2.05 bits per heavy atom. The predicted molar refractivity (Wildman–Crippen MR) is 75.0 cm³/mol. The number of nitrogens with zero attached hydrogens (tertiary/aromatic N) is 1. The molecule has 2 N–H and O–H groups in total. The smallest absolute Gasteiger partial charge is 0.162 e. The highest BCUT2D eigenvalue weighted by Crippen LogP contribution is 2.34. The van der Waals surface area contributed by atoms with Gasteiger partial charge >= 0.3 is 0 Å². The average molecular weight is 271 g/mol. The number of rotatable bonds is 2. The van der Waals surface area contributed by atoms with Gasteiger partial charge in [0.2, 0.25) is 0 Å². The molecule has 2 aliphatic heterocycles. The van der Waals surface area contributed by atoms with E-state index in [1.54, 1.807) is 0 Å². The Morgan fingerprint density at radius 1 is 1.15 bits per heavy atom. The molecule has 2 aliphatic rings. The van der Waals surface area contributed by atoms with Crippen molar-refractivity contribution in [3.8, 4) is 22.8 Å². The van der Waals surface area contributed by atoms with E-state index in [-0.39, 0.29) is 0 Å². The van der Waals surface area contributed by atoms with Crippen molar-refractivity contribution in [3.05, 3.63) is 30.2 Å². The van der Waals surface area contributed by atoms with Crippen LogP contribution in [0.1, 0.15) is 24.7 Å². The minimum Gasteiger partial charge on any atom is -0.486 e. The van der Waals surface area contributed by atoms with Crippen LogP contribution >= 0.6 is 0 Å². The highest BCUT2D eigenvalue weighted by atomic mass is 16.6. The molecule has 1 aromatic heterocycles. The second-order valence-corrected chi connectivity index (χ2v) is 5.19. The van der Waals surface area contributed by atoms with Gasteiger partial charge in [-0.2, -0.15) is 0 Å². The van der Waals surface area contributed by atoms with Gasteiger partial charge in [0.05, 0.1) is 17.9 Å². The number of hydrogen-bond acceptors (Lipinski definition) is 4. The van der Waals surface area contributed by atoms with E-state index in [4.69, 9.17) is 9.47 Å². The van der Waals surface area contributed by atoms with Crippen molar-refractivity contribution in [1.82, 2.24) is 15.3 Å². The van der Waals surface area contributed by atoms with Crippen molar-refractivity contribution >= 4 is 0 Å². The minimum absolute atomic E-state index is 0.362. The fraction of sp³-hybridized carbons (Fsp3) is 0.400. The molecule has 5 nitrogen and oxygen atoms in total. The number of imidazole rings is 1. The summed E-state index contributed by atoms with van der Waals surface area (Å²) in [6, 6.07) is 6.36. The van der Waals surface area contributed by atoms with Crippen molar-refractivity contribution in [2.45, 2.75) is 18.9 Å². The fourth-order valence-corrected chi connectivity index (χ4v) is 2.79. The Hall–Kier alpha value is -2.01. The summed E-state index contributed by atoms with van der Waals surface area (Å²) in [5, 5.41) is 3.45. The third-order valence-electron chi connectivity index (χ3n) is 3.84. The molecule has 3 heterocycles. The lowest BCUT2D eigenvalue weighted by Gasteiger charge is -2.18. The lowest BCUT2D eigenvalue weighted by molar-refractivity contribution is 0.171. The van der Waals surface area contributed by atoms with E-state index in [1.807, 2.05) is 24.4 Å². The van der Waals surface area contributed by atoms with E-state index in [2.05, 4.69) is 15.3 Å². The average Bonchev–Trinajstić information content (AvgIpc) is 3.17. The zero-order chi connectivity index (χ0) is 13.4. The number of H-pyrrole nitrogens is 1. The van der Waals surface area contributed by atoms with Crippen LogP contribution in [0, 0.1) is 0 Å². The van der Waals surface area contributed by atoms with Crippen LogP contribution < -0.4 is 14.8 Å². The predicted octanol–water partition coefficient (Wildman–Crippen LogP) is 2.27. The summed E-state index contributed by atoms with van der Waals surface area (Å²) in [5.41, 5.74) is 2.09. The quantitative estimate of drug-likeness (QED) is 0.879. The van der Waals surface area contributed by atoms with Gasteiger partial charge in [-0.3, -0.25) is 0 Å². The van der Waals surface area contributed by atoms with Crippen LogP contribution in [0.3, 0.4) is 0 Å². The van der Waals surface area contributed by atoms with Gasteiger partial charge in [0.1, 0.15) is 19.0 Å². The summed E-state index contributed by atoms with van der Waals surface area (Å²) in [5.74, 6) is 2.65. The SMILES string of the molecule is c1cc2c(cc1-c1cnc(C3CCCN3)[nH]1)OCCO2. The van der Waals surface area contributed by atoms with Crippen LogP contribution in [0.5, 0.6) is 11.5 Å². The van der Waals surface area contributed by atoms with E-state index in [1.165, 1.54) is 6.42 Å². The van der Waals surface area contributed by atoms with Gasteiger partial charge in [-0.15, -0.1) is 0 Å². The van der Waals surface area contributed by atoms with E-state index >= 15 is 0 Å². The van der Waals surface area contributed by atoms with Crippen LogP contribution in [-0.2, 0) is 0 Å². The molecule has 1 aromatic carbocycles. The number of aromatic nitrogens is 2. The third kappa shape index (κ3) is 2.04. The first-order valence-electron chi connectivity index (χ1n) is 7.08. The molecular formula is C15H17N3O2. The molecule has 0 bridgehead atoms. The van der Waals surface area contributed by atoms with Crippen molar-refractivity contribution in [1.29, 1.82) is 0 Å². The summed E-state index contributed by atoms with van der Waals surface area (Å²) >= 11 is 0. The molecule has 104 valence electrons.